The van der Waals surface area contributed by atoms with E-state index in [2.05, 4.69) is 13.8 Å². The number of hydrogen-bond donors (Lipinski definition) is 0. The standard InChI is InChI=1S/C21H30N2O4/c1-14(2)23(17-6-7-17)21(25)16-12-20(24)22(13-16)10-9-15-5-8-18(26-3)19(11-15)27-4/h5,8,11,14,16-17H,6-7,9-10,12-13H2,1-4H3. The fourth-order valence-electron chi connectivity index (χ4n) is 3.87. The zero-order valence-corrected chi connectivity index (χ0v) is 16.7. The summed E-state index contributed by atoms with van der Waals surface area (Å²) in [5.74, 6) is 1.40. The molecular weight excluding hydrogens is 344 g/mol. The van der Waals surface area contributed by atoms with Gasteiger partial charge in [0.1, 0.15) is 0 Å². The van der Waals surface area contributed by atoms with Gasteiger partial charge in [-0.3, -0.25) is 9.59 Å². The van der Waals surface area contributed by atoms with Gasteiger partial charge in [-0.25, -0.2) is 0 Å². The van der Waals surface area contributed by atoms with Crippen LogP contribution in [-0.4, -0.2) is 61.0 Å². The highest BCUT2D eigenvalue weighted by Gasteiger charge is 2.41. The molecule has 1 aromatic rings. The largest absolute Gasteiger partial charge is 0.493 e. The van der Waals surface area contributed by atoms with Crippen molar-refractivity contribution in [2.45, 2.75) is 51.6 Å². The summed E-state index contributed by atoms with van der Waals surface area (Å²) in [6.07, 6.45) is 3.24. The number of benzene rings is 1. The van der Waals surface area contributed by atoms with E-state index in [4.69, 9.17) is 9.47 Å². The lowest BCUT2D eigenvalue weighted by Crippen LogP contribution is -2.43. The minimum atomic E-state index is -0.203. The number of ether oxygens (including phenoxy) is 2. The van der Waals surface area contributed by atoms with Crippen molar-refractivity contribution in [1.82, 2.24) is 9.80 Å². The van der Waals surface area contributed by atoms with Gasteiger partial charge in [-0.1, -0.05) is 6.07 Å². The first-order chi connectivity index (χ1) is 12.9. The first-order valence-electron chi connectivity index (χ1n) is 9.75. The molecule has 0 radical (unpaired) electrons. The van der Waals surface area contributed by atoms with Crippen LogP contribution in [-0.2, 0) is 16.0 Å². The molecule has 0 N–H and O–H groups in total. The first kappa shape index (κ1) is 19.5. The van der Waals surface area contributed by atoms with Crippen LogP contribution in [0.3, 0.4) is 0 Å². The molecule has 27 heavy (non-hydrogen) atoms. The van der Waals surface area contributed by atoms with Crippen LogP contribution < -0.4 is 9.47 Å². The van der Waals surface area contributed by atoms with Crippen molar-refractivity contribution in [3.05, 3.63) is 23.8 Å². The summed E-state index contributed by atoms with van der Waals surface area (Å²) in [6.45, 7) is 5.26. The first-order valence-corrected chi connectivity index (χ1v) is 9.75. The molecule has 0 aromatic heterocycles. The Labute approximate surface area is 161 Å². The average Bonchev–Trinajstić information content (AvgIpc) is 3.41. The van der Waals surface area contributed by atoms with E-state index in [0.29, 0.717) is 37.1 Å². The highest BCUT2D eigenvalue weighted by atomic mass is 16.5. The monoisotopic (exact) mass is 374 g/mol. The number of amides is 2. The van der Waals surface area contributed by atoms with Gasteiger partial charge in [-0.2, -0.15) is 0 Å². The third-order valence-electron chi connectivity index (χ3n) is 5.43. The molecular formula is C21H30N2O4. The summed E-state index contributed by atoms with van der Waals surface area (Å²) < 4.78 is 10.6. The van der Waals surface area contributed by atoms with Gasteiger partial charge in [0, 0.05) is 31.6 Å². The van der Waals surface area contributed by atoms with Gasteiger partial charge in [0.15, 0.2) is 11.5 Å². The zero-order valence-electron chi connectivity index (χ0n) is 16.7. The predicted molar refractivity (Wildman–Crippen MR) is 103 cm³/mol. The Balaban J connectivity index is 1.59. The molecule has 2 fully saturated rings. The molecule has 148 valence electrons. The second-order valence-electron chi connectivity index (χ2n) is 7.75. The van der Waals surface area contributed by atoms with E-state index < -0.39 is 0 Å². The molecule has 1 atom stereocenters. The summed E-state index contributed by atoms with van der Waals surface area (Å²) in [7, 11) is 3.22. The maximum atomic E-state index is 12.9. The van der Waals surface area contributed by atoms with E-state index in [1.54, 1.807) is 14.2 Å². The maximum absolute atomic E-state index is 12.9. The summed E-state index contributed by atoms with van der Waals surface area (Å²) in [6, 6.07) is 6.38. The second kappa shape index (κ2) is 8.19. The second-order valence-corrected chi connectivity index (χ2v) is 7.75. The van der Waals surface area contributed by atoms with Gasteiger partial charge < -0.3 is 19.3 Å². The number of carbonyl (C=O) groups is 2. The van der Waals surface area contributed by atoms with Crippen LogP contribution in [0.1, 0.15) is 38.7 Å². The molecule has 1 aliphatic heterocycles. The van der Waals surface area contributed by atoms with E-state index in [9.17, 15) is 9.59 Å². The third-order valence-corrected chi connectivity index (χ3v) is 5.43. The molecule has 0 bridgehead atoms. The molecule has 2 amide bonds. The highest BCUT2D eigenvalue weighted by Crippen LogP contribution is 2.32. The van der Waals surface area contributed by atoms with Crippen LogP contribution in [0.5, 0.6) is 11.5 Å². The minimum absolute atomic E-state index is 0.0772. The molecule has 0 spiro atoms. The van der Waals surface area contributed by atoms with E-state index in [-0.39, 0.29) is 23.8 Å². The zero-order chi connectivity index (χ0) is 19.6. The van der Waals surface area contributed by atoms with Crippen LogP contribution in [0.25, 0.3) is 0 Å². The summed E-state index contributed by atoms with van der Waals surface area (Å²) in [4.78, 5) is 29.1. The van der Waals surface area contributed by atoms with Crippen molar-refractivity contribution in [2.24, 2.45) is 5.92 Å². The Morgan fingerprint density at radius 3 is 2.52 bits per heavy atom. The molecule has 1 unspecified atom stereocenters. The van der Waals surface area contributed by atoms with E-state index in [1.807, 2.05) is 28.0 Å². The Bertz CT molecular complexity index is 697. The quantitative estimate of drug-likeness (QED) is 0.701. The van der Waals surface area contributed by atoms with Crippen molar-refractivity contribution in [2.75, 3.05) is 27.3 Å². The fraction of sp³-hybridized carbons (Fsp3) is 0.619. The van der Waals surface area contributed by atoms with Gasteiger partial charge in [0.25, 0.3) is 0 Å². The van der Waals surface area contributed by atoms with E-state index in [1.165, 1.54) is 0 Å². The SMILES string of the molecule is COc1ccc(CCN2CC(C(=O)N(C(C)C)C3CC3)CC2=O)cc1OC. The number of carbonyl (C=O) groups excluding carboxylic acids is 2. The molecule has 1 aliphatic carbocycles. The lowest BCUT2D eigenvalue weighted by atomic mass is 10.1. The predicted octanol–water partition coefficient (Wildman–Crippen LogP) is 2.49. The maximum Gasteiger partial charge on any atom is 0.228 e. The molecule has 6 heteroatoms. The third kappa shape index (κ3) is 4.37. The number of hydrogen-bond acceptors (Lipinski definition) is 4. The summed E-state index contributed by atoms with van der Waals surface area (Å²) in [5, 5.41) is 0. The molecule has 3 rings (SSSR count). The fourth-order valence-corrected chi connectivity index (χ4v) is 3.87. The van der Waals surface area contributed by atoms with Gasteiger partial charge in [-0.15, -0.1) is 0 Å². The van der Waals surface area contributed by atoms with Gasteiger partial charge >= 0.3 is 0 Å². The number of methoxy groups -OCH3 is 2. The Morgan fingerprint density at radius 2 is 1.93 bits per heavy atom. The number of nitrogens with zero attached hydrogens (tertiary/aromatic N) is 2. The average molecular weight is 374 g/mol. The van der Waals surface area contributed by atoms with Crippen molar-refractivity contribution in [3.8, 4) is 11.5 Å². The Kier molecular flexibility index (Phi) is 5.92. The Morgan fingerprint density at radius 1 is 1.22 bits per heavy atom. The topological polar surface area (TPSA) is 59.1 Å². The van der Waals surface area contributed by atoms with Gasteiger partial charge in [0.2, 0.25) is 11.8 Å². The van der Waals surface area contributed by atoms with Crippen LogP contribution >= 0.6 is 0 Å². The lowest BCUT2D eigenvalue weighted by Gasteiger charge is -2.29. The van der Waals surface area contributed by atoms with Crippen LogP contribution in [0, 0.1) is 5.92 Å². The van der Waals surface area contributed by atoms with Crippen molar-refractivity contribution in [3.63, 3.8) is 0 Å². The van der Waals surface area contributed by atoms with Crippen molar-refractivity contribution in [1.29, 1.82) is 0 Å². The number of rotatable bonds is 8. The van der Waals surface area contributed by atoms with E-state index in [0.717, 1.165) is 24.8 Å². The molecule has 1 heterocycles. The van der Waals surface area contributed by atoms with Crippen molar-refractivity contribution < 1.29 is 19.1 Å². The molecule has 1 saturated carbocycles. The normalized spacial score (nSPS) is 19.5. The number of likely N-dealkylation sites (tertiary alicyclic amines) is 1. The molecule has 1 saturated heterocycles. The summed E-state index contributed by atoms with van der Waals surface area (Å²) >= 11 is 0. The molecule has 1 aromatic carbocycles. The smallest absolute Gasteiger partial charge is 0.228 e. The molecule has 2 aliphatic rings. The summed E-state index contributed by atoms with van der Waals surface area (Å²) in [5.41, 5.74) is 1.08. The van der Waals surface area contributed by atoms with Crippen LogP contribution in [0.4, 0.5) is 0 Å². The Hall–Kier alpha value is -2.24. The lowest BCUT2D eigenvalue weighted by molar-refractivity contribution is -0.138. The van der Waals surface area contributed by atoms with Gasteiger partial charge in [-0.05, 0) is 50.8 Å². The van der Waals surface area contributed by atoms with Crippen LogP contribution in [0.15, 0.2) is 18.2 Å². The minimum Gasteiger partial charge on any atom is -0.493 e. The van der Waals surface area contributed by atoms with Crippen molar-refractivity contribution >= 4 is 11.8 Å². The van der Waals surface area contributed by atoms with Crippen LogP contribution in [0.2, 0.25) is 0 Å². The van der Waals surface area contributed by atoms with Gasteiger partial charge in [0.05, 0.1) is 20.1 Å². The molecule has 6 nitrogen and oxygen atoms in total. The highest BCUT2D eigenvalue weighted by molar-refractivity contribution is 5.89. The van der Waals surface area contributed by atoms with E-state index >= 15 is 0 Å².